The minimum Gasteiger partial charge on any atom is -0.480 e. The summed E-state index contributed by atoms with van der Waals surface area (Å²) < 4.78 is 26.0. The fourth-order valence-electron chi connectivity index (χ4n) is 4.24. The van der Waals surface area contributed by atoms with Crippen molar-refractivity contribution in [3.05, 3.63) is 79.5 Å². The summed E-state index contributed by atoms with van der Waals surface area (Å²) in [6, 6.07) is 13.1. The molecule has 1 fully saturated rings. The molecule has 0 radical (unpaired) electrons. The third-order valence-corrected chi connectivity index (χ3v) is 7.45. The van der Waals surface area contributed by atoms with E-state index < -0.39 is 24.4 Å². The highest BCUT2D eigenvalue weighted by molar-refractivity contribution is 14.1. The van der Waals surface area contributed by atoms with Crippen LogP contribution >= 0.6 is 45.8 Å². The van der Waals surface area contributed by atoms with Gasteiger partial charge in [-0.3, -0.25) is 5.41 Å². The molecular weight excluding hydrogens is 660 g/mol. The minimum atomic E-state index is -0.688. The molecule has 2 aromatic heterocycles. The Hall–Kier alpha value is -3.13. The Morgan fingerprint density at radius 2 is 1.77 bits per heavy atom. The molecule has 39 heavy (non-hydrogen) atoms. The third kappa shape index (κ3) is 5.91. The SMILES string of the molecule is COc1nc(N)nc2c1c(I)cn2C1CC(OC(=O)c2ccc(Cl)cc2)C(COC(=N)c2ccc(Cl)cc2)O1. The van der Waals surface area contributed by atoms with E-state index in [0.717, 1.165) is 3.57 Å². The van der Waals surface area contributed by atoms with E-state index in [4.69, 9.17) is 53.3 Å². The number of aromatic nitrogens is 3. The zero-order valence-corrected chi connectivity index (χ0v) is 24.1. The molecule has 1 aliphatic rings. The monoisotopic (exact) mass is 681 g/mol. The Bertz CT molecular complexity index is 1530. The van der Waals surface area contributed by atoms with E-state index >= 15 is 0 Å². The number of anilines is 1. The maximum absolute atomic E-state index is 13.0. The predicted molar refractivity (Wildman–Crippen MR) is 155 cm³/mol. The van der Waals surface area contributed by atoms with Crippen LogP contribution in [0.3, 0.4) is 0 Å². The van der Waals surface area contributed by atoms with Gasteiger partial charge in [0, 0.05) is 31.8 Å². The van der Waals surface area contributed by atoms with E-state index in [0.29, 0.717) is 44.5 Å². The van der Waals surface area contributed by atoms with Gasteiger partial charge in [0.1, 0.15) is 25.0 Å². The summed E-state index contributed by atoms with van der Waals surface area (Å²) in [5, 5.41) is 10.1. The van der Waals surface area contributed by atoms with Crippen molar-refractivity contribution >= 4 is 74.6 Å². The van der Waals surface area contributed by atoms with Crippen LogP contribution in [0.1, 0.15) is 28.6 Å². The average Bonchev–Trinajstić information content (AvgIpc) is 3.47. The van der Waals surface area contributed by atoms with Crippen molar-refractivity contribution in [1.29, 1.82) is 5.41 Å². The van der Waals surface area contributed by atoms with Gasteiger partial charge in [-0.1, -0.05) is 23.2 Å². The van der Waals surface area contributed by atoms with Crippen LogP contribution in [0.5, 0.6) is 5.88 Å². The molecule has 0 amide bonds. The van der Waals surface area contributed by atoms with Gasteiger partial charge in [0.15, 0.2) is 5.65 Å². The number of carbonyl (C=O) groups is 1. The van der Waals surface area contributed by atoms with E-state index in [1.54, 1.807) is 48.5 Å². The Balaban J connectivity index is 1.41. The molecular formula is C26H22Cl2IN5O5. The summed E-state index contributed by atoms with van der Waals surface area (Å²) in [5.41, 5.74) is 7.35. The van der Waals surface area contributed by atoms with Gasteiger partial charge in [0.25, 0.3) is 0 Å². The fourth-order valence-corrected chi connectivity index (χ4v) is 5.27. The molecule has 0 bridgehead atoms. The van der Waals surface area contributed by atoms with Gasteiger partial charge in [-0.05, 0) is 71.1 Å². The van der Waals surface area contributed by atoms with Crippen molar-refractivity contribution in [1.82, 2.24) is 14.5 Å². The van der Waals surface area contributed by atoms with Crippen LogP contribution in [0, 0.1) is 8.98 Å². The van der Waals surface area contributed by atoms with Crippen LogP contribution in [-0.2, 0) is 14.2 Å². The number of fused-ring (bicyclic) bond motifs is 1. The fraction of sp³-hybridized carbons (Fsp3) is 0.231. The molecule has 3 N–H and O–H groups in total. The van der Waals surface area contributed by atoms with Crippen LogP contribution in [0.15, 0.2) is 54.7 Å². The lowest BCUT2D eigenvalue weighted by Gasteiger charge is -2.19. The molecule has 3 unspecified atom stereocenters. The van der Waals surface area contributed by atoms with Crippen LogP contribution in [0.2, 0.25) is 10.0 Å². The number of nitrogens with two attached hydrogens (primary N) is 1. The number of ether oxygens (including phenoxy) is 4. The molecule has 4 aromatic rings. The van der Waals surface area contributed by atoms with Crippen LogP contribution in [0.25, 0.3) is 11.0 Å². The number of nitrogens with one attached hydrogen (secondary N) is 1. The van der Waals surface area contributed by atoms with E-state index in [2.05, 4.69) is 32.6 Å². The zero-order valence-electron chi connectivity index (χ0n) is 20.4. The molecule has 10 nitrogen and oxygen atoms in total. The maximum Gasteiger partial charge on any atom is 0.338 e. The first-order valence-corrected chi connectivity index (χ1v) is 13.5. The number of rotatable bonds is 7. The molecule has 0 aliphatic carbocycles. The number of methoxy groups -OCH3 is 1. The summed E-state index contributed by atoms with van der Waals surface area (Å²) in [5.74, 6) is -0.192. The quantitative estimate of drug-likeness (QED) is 0.113. The van der Waals surface area contributed by atoms with Crippen molar-refractivity contribution in [2.75, 3.05) is 19.5 Å². The predicted octanol–water partition coefficient (Wildman–Crippen LogP) is 5.49. The van der Waals surface area contributed by atoms with Crippen molar-refractivity contribution in [2.24, 2.45) is 0 Å². The van der Waals surface area contributed by atoms with Crippen molar-refractivity contribution in [2.45, 2.75) is 24.9 Å². The van der Waals surface area contributed by atoms with Gasteiger partial charge < -0.3 is 29.2 Å². The zero-order chi connectivity index (χ0) is 27.7. The van der Waals surface area contributed by atoms with Gasteiger partial charge in [-0.2, -0.15) is 9.97 Å². The lowest BCUT2D eigenvalue weighted by Crippen LogP contribution is -2.32. The molecule has 2 aromatic carbocycles. The number of nitrogen functional groups attached to an aromatic ring is 1. The van der Waals surface area contributed by atoms with Gasteiger partial charge in [-0.25, -0.2) is 4.79 Å². The third-order valence-electron chi connectivity index (χ3n) is 6.13. The lowest BCUT2D eigenvalue weighted by molar-refractivity contribution is -0.0474. The largest absolute Gasteiger partial charge is 0.480 e. The first kappa shape index (κ1) is 27.4. The summed E-state index contributed by atoms with van der Waals surface area (Å²) in [4.78, 5) is 21.5. The van der Waals surface area contributed by atoms with E-state index in [1.807, 2.05) is 10.8 Å². The van der Waals surface area contributed by atoms with Crippen LogP contribution in [0.4, 0.5) is 5.95 Å². The minimum absolute atomic E-state index is 0.0345. The first-order chi connectivity index (χ1) is 18.7. The molecule has 5 rings (SSSR count). The first-order valence-electron chi connectivity index (χ1n) is 11.7. The molecule has 1 saturated heterocycles. The molecule has 0 spiro atoms. The Morgan fingerprint density at radius 1 is 1.13 bits per heavy atom. The topological polar surface area (TPSA) is 135 Å². The molecule has 3 heterocycles. The number of halogens is 3. The van der Waals surface area contributed by atoms with Gasteiger partial charge in [0.05, 0.1) is 18.1 Å². The standard InChI is InChI=1S/C26H22Cl2IN5O5/c1-36-24-21-17(29)11-34(23(21)32-26(31)33-24)20-10-18(39-25(35)14-4-8-16(28)9-5-14)19(38-20)12-37-22(30)13-2-6-15(27)7-3-13/h2-9,11,18-20,30H,10,12H2,1H3,(H2,31,32,33). The second-order valence-electron chi connectivity index (χ2n) is 8.64. The maximum atomic E-state index is 13.0. The number of carbonyl (C=O) groups excluding carboxylic acids is 1. The van der Waals surface area contributed by atoms with E-state index in [9.17, 15) is 4.79 Å². The highest BCUT2D eigenvalue weighted by atomic mass is 127. The Kier molecular flexibility index (Phi) is 8.12. The molecule has 13 heteroatoms. The highest BCUT2D eigenvalue weighted by Gasteiger charge is 2.41. The van der Waals surface area contributed by atoms with E-state index in [-0.39, 0.29) is 18.5 Å². The second-order valence-corrected chi connectivity index (χ2v) is 10.7. The average molecular weight is 682 g/mol. The molecule has 202 valence electrons. The molecule has 0 saturated carbocycles. The summed E-state index contributed by atoms with van der Waals surface area (Å²) >= 11 is 14.1. The summed E-state index contributed by atoms with van der Waals surface area (Å²) in [6.07, 6.45) is 0.205. The number of esters is 1. The van der Waals surface area contributed by atoms with Crippen molar-refractivity contribution < 1.29 is 23.7 Å². The number of hydrogen-bond donors (Lipinski definition) is 2. The number of benzene rings is 2. The summed E-state index contributed by atoms with van der Waals surface area (Å²) in [6.45, 7) is -0.0345. The summed E-state index contributed by atoms with van der Waals surface area (Å²) in [7, 11) is 1.51. The van der Waals surface area contributed by atoms with Crippen molar-refractivity contribution in [3.63, 3.8) is 0 Å². The number of nitrogens with zero attached hydrogens (tertiary/aromatic N) is 3. The molecule has 1 aliphatic heterocycles. The smallest absolute Gasteiger partial charge is 0.338 e. The lowest BCUT2D eigenvalue weighted by atomic mass is 10.1. The Morgan fingerprint density at radius 3 is 2.41 bits per heavy atom. The normalized spacial score (nSPS) is 18.7. The highest BCUT2D eigenvalue weighted by Crippen LogP contribution is 2.38. The molecule has 3 atom stereocenters. The van der Waals surface area contributed by atoms with Crippen LogP contribution in [-0.4, -0.2) is 52.3 Å². The van der Waals surface area contributed by atoms with Crippen LogP contribution < -0.4 is 10.5 Å². The van der Waals surface area contributed by atoms with Gasteiger partial charge in [0.2, 0.25) is 17.7 Å². The van der Waals surface area contributed by atoms with Gasteiger partial charge in [-0.15, -0.1) is 0 Å². The van der Waals surface area contributed by atoms with Crippen molar-refractivity contribution in [3.8, 4) is 5.88 Å². The van der Waals surface area contributed by atoms with E-state index in [1.165, 1.54) is 7.11 Å². The second kappa shape index (κ2) is 11.5. The van der Waals surface area contributed by atoms with Gasteiger partial charge >= 0.3 is 5.97 Å². The Labute approximate surface area is 247 Å². The number of hydrogen-bond acceptors (Lipinski definition) is 9.